The normalized spacial score (nSPS) is 10.3. The summed E-state index contributed by atoms with van der Waals surface area (Å²) >= 11 is 0. The molecule has 0 unspecified atom stereocenters. The SMILES string of the molecule is CCCOc1ccc(C=O)c(OCC(=O)Nc2c(C)cc(C)cc2C)c1. The Labute approximate surface area is 154 Å². The van der Waals surface area contributed by atoms with E-state index in [0.717, 1.165) is 28.8 Å². The molecular weight excluding hydrogens is 330 g/mol. The van der Waals surface area contributed by atoms with Crippen LogP contribution in [0.4, 0.5) is 5.69 Å². The van der Waals surface area contributed by atoms with E-state index in [1.165, 1.54) is 0 Å². The molecule has 1 N–H and O–H groups in total. The van der Waals surface area contributed by atoms with Crippen LogP contribution in [0.5, 0.6) is 11.5 Å². The Hall–Kier alpha value is -2.82. The van der Waals surface area contributed by atoms with Gasteiger partial charge < -0.3 is 14.8 Å². The van der Waals surface area contributed by atoms with Crippen molar-refractivity contribution in [3.63, 3.8) is 0 Å². The van der Waals surface area contributed by atoms with Crippen LogP contribution in [0.15, 0.2) is 30.3 Å². The lowest BCUT2D eigenvalue weighted by atomic mass is 10.1. The Morgan fingerprint density at radius 3 is 2.38 bits per heavy atom. The number of aldehydes is 1. The van der Waals surface area contributed by atoms with E-state index in [0.29, 0.717) is 30.0 Å². The van der Waals surface area contributed by atoms with E-state index in [2.05, 4.69) is 5.32 Å². The molecule has 138 valence electrons. The Morgan fingerprint density at radius 2 is 1.77 bits per heavy atom. The fourth-order valence-electron chi connectivity index (χ4n) is 2.74. The number of ether oxygens (including phenoxy) is 2. The highest BCUT2D eigenvalue weighted by atomic mass is 16.5. The van der Waals surface area contributed by atoms with Crippen LogP contribution in [-0.4, -0.2) is 25.4 Å². The molecule has 2 aromatic carbocycles. The first-order valence-electron chi connectivity index (χ1n) is 8.67. The van der Waals surface area contributed by atoms with Crippen LogP contribution >= 0.6 is 0 Å². The molecule has 0 aliphatic rings. The Kier molecular flexibility index (Phi) is 6.78. The monoisotopic (exact) mass is 355 g/mol. The van der Waals surface area contributed by atoms with Crippen molar-refractivity contribution in [2.45, 2.75) is 34.1 Å². The second-order valence-electron chi connectivity index (χ2n) is 6.28. The summed E-state index contributed by atoms with van der Waals surface area (Å²) < 4.78 is 11.1. The molecule has 0 atom stereocenters. The molecule has 0 radical (unpaired) electrons. The van der Waals surface area contributed by atoms with E-state index in [4.69, 9.17) is 9.47 Å². The number of benzene rings is 2. The second kappa shape index (κ2) is 9.04. The third-order valence-corrected chi connectivity index (χ3v) is 3.89. The van der Waals surface area contributed by atoms with Crippen molar-refractivity contribution in [1.29, 1.82) is 0 Å². The molecule has 1 amide bonds. The van der Waals surface area contributed by atoms with Crippen LogP contribution in [0, 0.1) is 20.8 Å². The highest BCUT2D eigenvalue weighted by Gasteiger charge is 2.11. The number of anilines is 1. The number of rotatable bonds is 8. The highest BCUT2D eigenvalue weighted by molar-refractivity contribution is 5.93. The third-order valence-electron chi connectivity index (χ3n) is 3.89. The van der Waals surface area contributed by atoms with Gasteiger partial charge in [0.15, 0.2) is 12.9 Å². The van der Waals surface area contributed by atoms with Gasteiger partial charge >= 0.3 is 0 Å². The zero-order valence-electron chi connectivity index (χ0n) is 15.7. The standard InChI is InChI=1S/C21H25NO4/c1-5-8-25-18-7-6-17(12-23)19(11-18)26-13-20(24)22-21-15(3)9-14(2)10-16(21)4/h6-7,9-12H,5,8,13H2,1-4H3,(H,22,24). The van der Waals surface area contributed by atoms with Crippen molar-refractivity contribution in [2.24, 2.45) is 0 Å². The van der Waals surface area contributed by atoms with Crippen molar-refractivity contribution >= 4 is 17.9 Å². The Balaban J connectivity index is 2.06. The molecule has 2 rings (SSSR count). The zero-order chi connectivity index (χ0) is 19.1. The molecule has 0 aromatic heterocycles. The largest absolute Gasteiger partial charge is 0.493 e. The molecule has 0 heterocycles. The summed E-state index contributed by atoms with van der Waals surface area (Å²) in [6, 6.07) is 9.00. The Bertz CT molecular complexity index is 776. The number of nitrogens with one attached hydrogen (secondary N) is 1. The summed E-state index contributed by atoms with van der Waals surface area (Å²) in [5.74, 6) is 0.663. The van der Waals surface area contributed by atoms with Gasteiger partial charge in [-0.1, -0.05) is 24.6 Å². The molecule has 26 heavy (non-hydrogen) atoms. The number of aryl methyl sites for hydroxylation is 3. The lowest BCUT2D eigenvalue weighted by molar-refractivity contribution is -0.118. The maximum Gasteiger partial charge on any atom is 0.262 e. The molecular formula is C21H25NO4. The topological polar surface area (TPSA) is 64.6 Å². The van der Waals surface area contributed by atoms with Gasteiger partial charge in [0.25, 0.3) is 5.91 Å². The molecule has 0 saturated heterocycles. The minimum atomic E-state index is -0.281. The van der Waals surface area contributed by atoms with Gasteiger partial charge in [0.1, 0.15) is 11.5 Å². The van der Waals surface area contributed by atoms with Crippen LogP contribution in [0.25, 0.3) is 0 Å². The second-order valence-corrected chi connectivity index (χ2v) is 6.28. The molecule has 2 aromatic rings. The van der Waals surface area contributed by atoms with Gasteiger partial charge in [0, 0.05) is 11.8 Å². The zero-order valence-corrected chi connectivity index (χ0v) is 15.7. The fourth-order valence-corrected chi connectivity index (χ4v) is 2.74. The van der Waals surface area contributed by atoms with Crippen LogP contribution in [0.3, 0.4) is 0 Å². The fraction of sp³-hybridized carbons (Fsp3) is 0.333. The first-order chi connectivity index (χ1) is 12.4. The van der Waals surface area contributed by atoms with Gasteiger partial charge in [-0.3, -0.25) is 9.59 Å². The van der Waals surface area contributed by atoms with Crippen molar-refractivity contribution in [3.05, 3.63) is 52.6 Å². The first-order valence-corrected chi connectivity index (χ1v) is 8.67. The van der Waals surface area contributed by atoms with Crippen molar-refractivity contribution in [1.82, 2.24) is 0 Å². The minimum absolute atomic E-state index is 0.190. The summed E-state index contributed by atoms with van der Waals surface area (Å²) in [6.45, 7) is 8.32. The number of carbonyl (C=O) groups excluding carboxylic acids is 2. The third kappa shape index (κ3) is 5.09. The van der Waals surface area contributed by atoms with Crippen molar-refractivity contribution in [3.8, 4) is 11.5 Å². The summed E-state index contributed by atoms with van der Waals surface area (Å²) in [4.78, 5) is 23.5. The molecule has 0 saturated carbocycles. The number of carbonyl (C=O) groups is 2. The number of hydrogen-bond donors (Lipinski definition) is 1. The van der Waals surface area contributed by atoms with E-state index in [-0.39, 0.29) is 12.5 Å². The molecule has 0 aliphatic carbocycles. The Morgan fingerprint density at radius 1 is 1.08 bits per heavy atom. The molecule has 0 bridgehead atoms. The van der Waals surface area contributed by atoms with E-state index >= 15 is 0 Å². The van der Waals surface area contributed by atoms with Crippen molar-refractivity contribution < 1.29 is 19.1 Å². The van der Waals surface area contributed by atoms with Gasteiger partial charge in [-0.25, -0.2) is 0 Å². The molecule has 0 fully saturated rings. The number of hydrogen-bond acceptors (Lipinski definition) is 4. The highest BCUT2D eigenvalue weighted by Crippen LogP contribution is 2.25. The van der Waals surface area contributed by atoms with E-state index in [9.17, 15) is 9.59 Å². The average Bonchev–Trinajstić information content (AvgIpc) is 2.61. The first kappa shape index (κ1) is 19.5. The van der Waals surface area contributed by atoms with Gasteiger partial charge in [0.05, 0.1) is 12.2 Å². The van der Waals surface area contributed by atoms with Gasteiger partial charge in [-0.2, -0.15) is 0 Å². The average molecular weight is 355 g/mol. The van der Waals surface area contributed by atoms with E-state index < -0.39 is 0 Å². The molecule has 5 nitrogen and oxygen atoms in total. The quantitative estimate of drug-likeness (QED) is 0.720. The maximum atomic E-state index is 12.3. The summed E-state index contributed by atoms with van der Waals surface area (Å²) in [7, 11) is 0. The minimum Gasteiger partial charge on any atom is -0.493 e. The lowest BCUT2D eigenvalue weighted by Gasteiger charge is -2.14. The van der Waals surface area contributed by atoms with Crippen LogP contribution in [-0.2, 0) is 4.79 Å². The van der Waals surface area contributed by atoms with Gasteiger partial charge in [-0.05, 0) is 50.5 Å². The summed E-state index contributed by atoms with van der Waals surface area (Å²) in [5.41, 5.74) is 4.32. The van der Waals surface area contributed by atoms with Crippen LogP contribution in [0.2, 0.25) is 0 Å². The molecule has 5 heteroatoms. The van der Waals surface area contributed by atoms with E-state index in [1.54, 1.807) is 18.2 Å². The molecule has 0 aliphatic heterocycles. The predicted molar refractivity (Wildman–Crippen MR) is 102 cm³/mol. The summed E-state index contributed by atoms with van der Waals surface area (Å²) in [6.07, 6.45) is 1.58. The molecule has 0 spiro atoms. The maximum absolute atomic E-state index is 12.3. The smallest absolute Gasteiger partial charge is 0.262 e. The van der Waals surface area contributed by atoms with Gasteiger partial charge in [0.2, 0.25) is 0 Å². The van der Waals surface area contributed by atoms with E-state index in [1.807, 2.05) is 39.8 Å². The predicted octanol–water partition coefficient (Wildman–Crippen LogP) is 4.23. The van der Waals surface area contributed by atoms with Crippen LogP contribution < -0.4 is 14.8 Å². The number of amides is 1. The van der Waals surface area contributed by atoms with Gasteiger partial charge in [-0.15, -0.1) is 0 Å². The van der Waals surface area contributed by atoms with Crippen LogP contribution in [0.1, 0.15) is 40.4 Å². The summed E-state index contributed by atoms with van der Waals surface area (Å²) in [5, 5.41) is 2.88. The van der Waals surface area contributed by atoms with Crippen molar-refractivity contribution in [2.75, 3.05) is 18.5 Å². The lowest BCUT2D eigenvalue weighted by Crippen LogP contribution is -2.21.